The summed E-state index contributed by atoms with van der Waals surface area (Å²) in [6, 6.07) is 16.0. The van der Waals surface area contributed by atoms with E-state index in [-0.39, 0.29) is 17.8 Å². The Hall–Kier alpha value is -3.06. The van der Waals surface area contributed by atoms with Gasteiger partial charge in [-0.25, -0.2) is 4.39 Å². The van der Waals surface area contributed by atoms with Crippen molar-refractivity contribution in [2.24, 2.45) is 0 Å². The molecule has 0 aliphatic rings. The highest BCUT2D eigenvalue weighted by Gasteiger charge is 2.17. The maximum absolute atomic E-state index is 13.1. The van der Waals surface area contributed by atoms with Gasteiger partial charge in [0.1, 0.15) is 5.82 Å². The molecule has 1 heterocycles. The second-order valence-corrected chi connectivity index (χ2v) is 6.08. The van der Waals surface area contributed by atoms with Crippen molar-refractivity contribution in [3.8, 4) is 0 Å². The molecule has 2 aromatic carbocycles. The van der Waals surface area contributed by atoms with E-state index in [9.17, 15) is 4.39 Å². The lowest BCUT2D eigenvalue weighted by Gasteiger charge is -2.24. The van der Waals surface area contributed by atoms with Crippen molar-refractivity contribution in [3.63, 3.8) is 0 Å². The molecular weight excluding hydrogens is 331 g/mol. The molecule has 0 saturated carbocycles. The first-order valence-electron chi connectivity index (χ1n) is 8.29. The SMILES string of the molecule is CC(c1nc(N)nc(Nc2ccccc2)n1)N(C)Cc1ccc(F)cc1. The first-order chi connectivity index (χ1) is 12.5. The molecule has 0 saturated heterocycles. The number of nitrogens with zero attached hydrogens (tertiary/aromatic N) is 4. The lowest BCUT2D eigenvalue weighted by atomic mass is 10.2. The molecule has 3 rings (SSSR count). The van der Waals surface area contributed by atoms with E-state index >= 15 is 0 Å². The van der Waals surface area contributed by atoms with Crippen molar-refractivity contribution < 1.29 is 4.39 Å². The molecule has 1 unspecified atom stereocenters. The Morgan fingerprint density at radius 2 is 1.73 bits per heavy atom. The number of halogens is 1. The summed E-state index contributed by atoms with van der Waals surface area (Å²) in [5.41, 5.74) is 7.73. The molecule has 7 heteroatoms. The van der Waals surface area contributed by atoms with Gasteiger partial charge in [-0.05, 0) is 43.8 Å². The molecule has 0 bridgehead atoms. The van der Waals surface area contributed by atoms with Crippen LogP contribution in [-0.2, 0) is 6.54 Å². The largest absolute Gasteiger partial charge is 0.368 e. The van der Waals surface area contributed by atoms with Crippen LogP contribution in [0.1, 0.15) is 24.4 Å². The van der Waals surface area contributed by atoms with Gasteiger partial charge >= 0.3 is 0 Å². The predicted molar refractivity (Wildman–Crippen MR) is 100 cm³/mol. The van der Waals surface area contributed by atoms with Gasteiger partial charge in [-0.15, -0.1) is 0 Å². The monoisotopic (exact) mass is 352 g/mol. The highest BCUT2D eigenvalue weighted by molar-refractivity contribution is 5.53. The lowest BCUT2D eigenvalue weighted by Crippen LogP contribution is -2.24. The van der Waals surface area contributed by atoms with Gasteiger partial charge in [-0.1, -0.05) is 30.3 Å². The van der Waals surface area contributed by atoms with Gasteiger partial charge in [0.25, 0.3) is 0 Å². The van der Waals surface area contributed by atoms with Crippen molar-refractivity contribution in [1.82, 2.24) is 19.9 Å². The summed E-state index contributed by atoms with van der Waals surface area (Å²) in [6.45, 7) is 2.62. The normalized spacial score (nSPS) is 12.2. The van der Waals surface area contributed by atoms with Gasteiger partial charge in [0.15, 0.2) is 5.82 Å². The maximum atomic E-state index is 13.1. The highest BCUT2D eigenvalue weighted by Crippen LogP contribution is 2.20. The van der Waals surface area contributed by atoms with Gasteiger partial charge in [-0.2, -0.15) is 15.0 Å². The van der Waals surface area contributed by atoms with E-state index in [1.54, 1.807) is 12.1 Å². The molecule has 0 fully saturated rings. The number of hydrogen-bond donors (Lipinski definition) is 2. The number of nitrogens with one attached hydrogen (secondary N) is 1. The number of para-hydroxylation sites is 1. The predicted octanol–water partition coefficient (Wildman–Crippen LogP) is 3.53. The summed E-state index contributed by atoms with van der Waals surface area (Å²) in [4.78, 5) is 15.0. The molecule has 1 atom stereocenters. The van der Waals surface area contributed by atoms with E-state index in [2.05, 4.69) is 25.2 Å². The summed E-state index contributed by atoms with van der Waals surface area (Å²) in [7, 11) is 1.96. The third kappa shape index (κ3) is 4.52. The quantitative estimate of drug-likeness (QED) is 0.706. The number of rotatable bonds is 6. The van der Waals surface area contributed by atoms with E-state index < -0.39 is 0 Å². The molecule has 0 radical (unpaired) electrons. The van der Waals surface area contributed by atoms with E-state index in [1.807, 2.05) is 44.3 Å². The Morgan fingerprint density at radius 3 is 2.42 bits per heavy atom. The van der Waals surface area contributed by atoms with Crippen LogP contribution in [0.25, 0.3) is 0 Å². The van der Waals surface area contributed by atoms with Crippen LogP contribution in [0.3, 0.4) is 0 Å². The molecule has 26 heavy (non-hydrogen) atoms. The van der Waals surface area contributed by atoms with Gasteiger partial charge in [0.2, 0.25) is 11.9 Å². The molecular formula is C19H21FN6. The second-order valence-electron chi connectivity index (χ2n) is 6.08. The number of nitrogens with two attached hydrogens (primary N) is 1. The van der Waals surface area contributed by atoms with E-state index in [1.165, 1.54) is 12.1 Å². The van der Waals surface area contributed by atoms with E-state index in [0.717, 1.165) is 11.3 Å². The fraction of sp³-hybridized carbons (Fsp3) is 0.211. The van der Waals surface area contributed by atoms with Gasteiger partial charge in [-0.3, -0.25) is 4.90 Å². The van der Waals surface area contributed by atoms with Crippen LogP contribution in [0.4, 0.5) is 22.0 Å². The average molecular weight is 352 g/mol. The fourth-order valence-electron chi connectivity index (χ4n) is 2.51. The van der Waals surface area contributed by atoms with Gasteiger partial charge in [0, 0.05) is 12.2 Å². The van der Waals surface area contributed by atoms with Crippen LogP contribution in [0.5, 0.6) is 0 Å². The first-order valence-corrected chi connectivity index (χ1v) is 8.29. The molecule has 3 N–H and O–H groups in total. The number of nitrogen functional groups attached to an aromatic ring is 1. The van der Waals surface area contributed by atoms with E-state index in [0.29, 0.717) is 18.3 Å². The van der Waals surface area contributed by atoms with Crippen LogP contribution in [0.15, 0.2) is 54.6 Å². The first kappa shape index (κ1) is 17.8. The Kier molecular flexibility index (Phi) is 5.38. The number of aromatic nitrogens is 3. The topological polar surface area (TPSA) is 80.0 Å². The lowest BCUT2D eigenvalue weighted by molar-refractivity contribution is 0.243. The summed E-state index contributed by atoms with van der Waals surface area (Å²) < 4.78 is 13.1. The van der Waals surface area contributed by atoms with Crippen LogP contribution in [-0.4, -0.2) is 26.9 Å². The summed E-state index contributed by atoms with van der Waals surface area (Å²) >= 11 is 0. The van der Waals surface area contributed by atoms with Crippen molar-refractivity contribution >= 4 is 17.6 Å². The van der Waals surface area contributed by atoms with Crippen molar-refractivity contribution in [2.45, 2.75) is 19.5 Å². The molecule has 1 aromatic heterocycles. The van der Waals surface area contributed by atoms with Crippen LogP contribution in [0, 0.1) is 5.82 Å². The van der Waals surface area contributed by atoms with Gasteiger partial charge < -0.3 is 11.1 Å². The molecule has 134 valence electrons. The molecule has 0 aliphatic carbocycles. The number of hydrogen-bond acceptors (Lipinski definition) is 6. The Morgan fingerprint density at radius 1 is 1.04 bits per heavy atom. The van der Waals surface area contributed by atoms with Crippen molar-refractivity contribution in [2.75, 3.05) is 18.1 Å². The minimum atomic E-state index is -0.244. The Labute approximate surface area is 151 Å². The molecule has 3 aromatic rings. The molecule has 0 amide bonds. The smallest absolute Gasteiger partial charge is 0.232 e. The Balaban J connectivity index is 1.75. The fourth-order valence-corrected chi connectivity index (χ4v) is 2.51. The number of anilines is 3. The van der Waals surface area contributed by atoms with Crippen molar-refractivity contribution in [3.05, 3.63) is 71.8 Å². The standard InChI is InChI=1S/C19H21FN6/c1-13(26(2)12-14-8-10-15(20)11-9-14)17-23-18(21)25-19(24-17)22-16-6-4-3-5-7-16/h3-11,13H,12H2,1-2H3,(H3,21,22,23,24,25). The molecule has 0 aliphatic heterocycles. The second kappa shape index (κ2) is 7.88. The highest BCUT2D eigenvalue weighted by atomic mass is 19.1. The van der Waals surface area contributed by atoms with Crippen LogP contribution >= 0.6 is 0 Å². The minimum absolute atomic E-state index is 0.0957. The molecule has 6 nitrogen and oxygen atoms in total. The maximum Gasteiger partial charge on any atom is 0.232 e. The van der Waals surface area contributed by atoms with Crippen LogP contribution < -0.4 is 11.1 Å². The zero-order valence-corrected chi connectivity index (χ0v) is 14.7. The third-order valence-corrected chi connectivity index (χ3v) is 4.08. The van der Waals surface area contributed by atoms with E-state index in [4.69, 9.17) is 5.73 Å². The number of benzene rings is 2. The third-order valence-electron chi connectivity index (χ3n) is 4.08. The zero-order chi connectivity index (χ0) is 18.5. The Bertz CT molecular complexity index is 854. The van der Waals surface area contributed by atoms with Crippen molar-refractivity contribution in [1.29, 1.82) is 0 Å². The summed E-state index contributed by atoms with van der Waals surface area (Å²) in [6.07, 6.45) is 0. The average Bonchev–Trinajstić information content (AvgIpc) is 2.63. The summed E-state index contributed by atoms with van der Waals surface area (Å²) in [5, 5.41) is 3.13. The van der Waals surface area contributed by atoms with Crippen LogP contribution in [0.2, 0.25) is 0 Å². The zero-order valence-electron chi connectivity index (χ0n) is 14.7. The molecule has 0 spiro atoms. The van der Waals surface area contributed by atoms with Gasteiger partial charge in [0.05, 0.1) is 6.04 Å². The minimum Gasteiger partial charge on any atom is -0.368 e. The summed E-state index contributed by atoms with van der Waals surface area (Å²) in [5.74, 6) is 0.892.